The Hall–Kier alpha value is -1.89. The smallest absolute Gasteiger partial charge is 0.415 e. The molecule has 0 saturated carbocycles. The van der Waals surface area contributed by atoms with Gasteiger partial charge in [0, 0.05) is 19.4 Å². The van der Waals surface area contributed by atoms with Crippen molar-refractivity contribution in [3.8, 4) is 0 Å². The van der Waals surface area contributed by atoms with Gasteiger partial charge in [-0.2, -0.15) is 0 Å². The fourth-order valence-corrected chi connectivity index (χ4v) is 8.74. The molecule has 2 rings (SSSR count). The van der Waals surface area contributed by atoms with Gasteiger partial charge in [-0.15, -0.1) is 0 Å². The number of fused-ring (bicyclic) bond motifs is 1. The molecule has 2 heterocycles. The van der Waals surface area contributed by atoms with Crippen LogP contribution in [0.25, 0.3) is 11.0 Å². The standard InChI is InChI=1S/C22H36FN3O2Si/c1-20(2,3)28-19(27)26(11)17-13-12-16-15(24-17)14-18(25(16)10)29(23,21(4,5)6)22(7,8)9/h12-14H,1-11H3. The fraction of sp³-hybridized carbons (Fsp3) is 0.636. The molecule has 0 spiro atoms. The number of hydrogen-bond acceptors (Lipinski definition) is 3. The quantitative estimate of drug-likeness (QED) is 0.464. The minimum atomic E-state index is -3.44. The molecule has 1 amide bonds. The number of carbonyl (C=O) groups excluding carboxylic acids is 1. The normalized spacial score (nSPS) is 13.7. The fourth-order valence-electron chi connectivity index (χ4n) is 4.04. The average molecular weight is 422 g/mol. The Kier molecular flexibility index (Phi) is 5.73. The van der Waals surface area contributed by atoms with Gasteiger partial charge in [0.15, 0.2) is 0 Å². The lowest BCUT2D eigenvalue weighted by atomic mass is 10.2. The van der Waals surface area contributed by atoms with E-state index in [0.29, 0.717) is 11.3 Å². The predicted octanol–water partition coefficient (Wildman–Crippen LogP) is 5.67. The largest absolute Gasteiger partial charge is 0.443 e. The number of aryl methyl sites for hydroxylation is 1. The van der Waals surface area contributed by atoms with E-state index in [1.165, 1.54) is 4.90 Å². The monoisotopic (exact) mass is 421 g/mol. The summed E-state index contributed by atoms with van der Waals surface area (Å²) in [6.45, 7) is 17.4. The van der Waals surface area contributed by atoms with Crippen molar-refractivity contribution in [2.24, 2.45) is 7.05 Å². The van der Waals surface area contributed by atoms with Crippen LogP contribution >= 0.6 is 0 Å². The highest BCUT2D eigenvalue weighted by atomic mass is 28.4. The van der Waals surface area contributed by atoms with E-state index in [0.717, 1.165) is 10.8 Å². The van der Waals surface area contributed by atoms with Crippen LogP contribution in [0.4, 0.5) is 14.7 Å². The molecule has 2 aromatic rings. The minimum Gasteiger partial charge on any atom is -0.443 e. The van der Waals surface area contributed by atoms with Gasteiger partial charge in [-0.3, -0.25) is 4.90 Å². The Morgan fingerprint density at radius 3 is 2.03 bits per heavy atom. The molecule has 0 aliphatic heterocycles. The van der Waals surface area contributed by atoms with E-state index in [1.807, 2.05) is 86.1 Å². The summed E-state index contributed by atoms with van der Waals surface area (Å²) in [6, 6.07) is 5.53. The summed E-state index contributed by atoms with van der Waals surface area (Å²) in [4.78, 5) is 18.4. The van der Waals surface area contributed by atoms with Gasteiger partial charge < -0.3 is 13.4 Å². The van der Waals surface area contributed by atoms with Crippen LogP contribution in [0.5, 0.6) is 0 Å². The van der Waals surface area contributed by atoms with Gasteiger partial charge in [0.25, 0.3) is 0 Å². The lowest BCUT2D eigenvalue weighted by Crippen LogP contribution is -2.60. The summed E-state index contributed by atoms with van der Waals surface area (Å²) < 4.78 is 24.2. The number of pyridine rings is 1. The molecule has 162 valence electrons. The first-order valence-corrected chi connectivity index (χ1v) is 11.9. The van der Waals surface area contributed by atoms with Crippen LogP contribution in [-0.4, -0.2) is 36.7 Å². The second kappa shape index (κ2) is 7.11. The molecule has 0 radical (unpaired) electrons. The Balaban J connectivity index is 2.59. The van der Waals surface area contributed by atoms with E-state index in [1.54, 1.807) is 13.1 Å². The van der Waals surface area contributed by atoms with Crippen LogP contribution in [-0.2, 0) is 11.8 Å². The molecule has 29 heavy (non-hydrogen) atoms. The first-order valence-electron chi connectivity index (χ1n) is 10.0. The molecule has 7 heteroatoms. The molecular weight excluding hydrogens is 385 g/mol. The van der Waals surface area contributed by atoms with E-state index in [9.17, 15) is 4.79 Å². The van der Waals surface area contributed by atoms with Crippen molar-refractivity contribution in [2.45, 2.75) is 78.0 Å². The number of rotatable bonds is 2. The number of halogens is 1. The summed E-state index contributed by atoms with van der Waals surface area (Å²) in [5.74, 6) is 0.474. The third-order valence-electron chi connectivity index (χ3n) is 5.31. The molecular formula is C22H36FN3O2Si. The molecule has 5 nitrogen and oxygen atoms in total. The molecule has 0 unspecified atom stereocenters. The summed E-state index contributed by atoms with van der Waals surface area (Å²) in [7, 11) is 0.0910. The van der Waals surface area contributed by atoms with Crippen molar-refractivity contribution >= 4 is 36.7 Å². The maximum Gasteiger partial charge on any atom is 0.415 e. The van der Waals surface area contributed by atoms with Gasteiger partial charge in [0.05, 0.1) is 11.0 Å². The summed E-state index contributed by atoms with van der Waals surface area (Å²) >= 11 is 0. The Morgan fingerprint density at radius 2 is 1.59 bits per heavy atom. The maximum absolute atomic E-state index is 16.8. The van der Waals surface area contributed by atoms with Gasteiger partial charge in [-0.25, -0.2) is 9.78 Å². The number of nitrogens with zero attached hydrogens (tertiary/aromatic N) is 3. The second-order valence-corrected chi connectivity index (χ2v) is 15.7. The molecule has 0 bridgehead atoms. The van der Waals surface area contributed by atoms with Crippen molar-refractivity contribution in [1.82, 2.24) is 9.55 Å². The van der Waals surface area contributed by atoms with Crippen LogP contribution in [0.1, 0.15) is 62.3 Å². The van der Waals surface area contributed by atoms with E-state index in [2.05, 4.69) is 4.98 Å². The van der Waals surface area contributed by atoms with Crippen molar-refractivity contribution < 1.29 is 13.6 Å². The predicted molar refractivity (Wildman–Crippen MR) is 121 cm³/mol. The molecule has 0 fully saturated rings. The van der Waals surface area contributed by atoms with E-state index in [-0.39, 0.29) is 0 Å². The maximum atomic E-state index is 16.8. The molecule has 0 aromatic carbocycles. The van der Waals surface area contributed by atoms with E-state index < -0.39 is 30.2 Å². The number of hydrogen-bond donors (Lipinski definition) is 0. The van der Waals surface area contributed by atoms with Crippen molar-refractivity contribution in [3.63, 3.8) is 0 Å². The van der Waals surface area contributed by atoms with Crippen LogP contribution in [0.3, 0.4) is 0 Å². The highest BCUT2D eigenvalue weighted by Gasteiger charge is 2.58. The molecule has 2 aromatic heterocycles. The van der Waals surface area contributed by atoms with Crippen molar-refractivity contribution in [1.29, 1.82) is 0 Å². The van der Waals surface area contributed by atoms with Gasteiger partial charge in [0.1, 0.15) is 11.4 Å². The molecule has 0 N–H and O–H groups in total. The SMILES string of the molecule is CN(C(=O)OC(C)(C)C)c1ccc2c(cc([Si](F)(C(C)(C)C)C(C)(C)C)n2C)n1. The lowest BCUT2D eigenvalue weighted by molar-refractivity contribution is 0.0588. The van der Waals surface area contributed by atoms with Crippen LogP contribution in [0, 0.1) is 0 Å². The van der Waals surface area contributed by atoms with Crippen molar-refractivity contribution in [2.75, 3.05) is 11.9 Å². The zero-order chi connectivity index (χ0) is 22.6. The highest BCUT2D eigenvalue weighted by molar-refractivity contribution is 6.90. The Labute approximate surface area is 175 Å². The number of carbonyl (C=O) groups is 1. The summed E-state index contributed by atoms with van der Waals surface area (Å²) in [6.07, 6.45) is -0.473. The zero-order valence-corrected chi connectivity index (χ0v) is 20.8. The zero-order valence-electron chi connectivity index (χ0n) is 19.8. The average Bonchev–Trinajstić information content (AvgIpc) is 2.86. The molecule has 0 aliphatic rings. The Morgan fingerprint density at radius 1 is 1.07 bits per heavy atom. The Bertz CT molecular complexity index is 903. The first kappa shape index (κ1) is 23.4. The van der Waals surface area contributed by atoms with Crippen LogP contribution in [0.15, 0.2) is 18.2 Å². The summed E-state index contributed by atoms with van der Waals surface area (Å²) in [5, 5.41) is -0.246. The highest BCUT2D eigenvalue weighted by Crippen LogP contribution is 2.51. The van der Waals surface area contributed by atoms with E-state index >= 15 is 4.11 Å². The third kappa shape index (κ3) is 4.20. The molecule has 0 saturated heterocycles. The molecule has 0 aliphatic carbocycles. The van der Waals surface area contributed by atoms with Gasteiger partial charge in [-0.1, -0.05) is 41.5 Å². The van der Waals surface area contributed by atoms with E-state index in [4.69, 9.17) is 4.74 Å². The van der Waals surface area contributed by atoms with Gasteiger partial charge in [0.2, 0.25) is 0 Å². The number of anilines is 1. The first-order chi connectivity index (χ1) is 12.9. The summed E-state index contributed by atoms with van der Waals surface area (Å²) in [5.41, 5.74) is 0.941. The number of amides is 1. The van der Waals surface area contributed by atoms with Crippen LogP contribution < -0.4 is 10.2 Å². The number of aromatic nitrogens is 2. The topological polar surface area (TPSA) is 47.4 Å². The third-order valence-corrected chi connectivity index (χ3v) is 10.6. The van der Waals surface area contributed by atoms with Gasteiger partial charge in [-0.05, 0) is 49.0 Å². The van der Waals surface area contributed by atoms with Crippen molar-refractivity contribution in [3.05, 3.63) is 18.2 Å². The molecule has 0 atom stereocenters. The minimum absolute atomic E-state index is 0.473. The lowest BCUT2D eigenvalue weighted by Gasteiger charge is -2.44. The second-order valence-electron chi connectivity index (χ2n) is 10.9. The number of ether oxygens (including phenoxy) is 1. The van der Waals surface area contributed by atoms with Crippen LogP contribution in [0.2, 0.25) is 10.1 Å². The van der Waals surface area contributed by atoms with Gasteiger partial charge >= 0.3 is 14.5 Å².